The van der Waals surface area contributed by atoms with E-state index in [1.807, 2.05) is 38.1 Å². The van der Waals surface area contributed by atoms with Crippen LogP contribution in [0.1, 0.15) is 28.4 Å². The van der Waals surface area contributed by atoms with Gasteiger partial charge in [0.2, 0.25) is 0 Å². The normalized spacial score (nSPS) is 10.8. The van der Waals surface area contributed by atoms with Crippen LogP contribution in [0.3, 0.4) is 0 Å². The largest absolute Gasteiger partial charge is 0.462 e. The van der Waals surface area contributed by atoms with Crippen molar-refractivity contribution in [2.24, 2.45) is 0 Å². The minimum atomic E-state index is -0.598. The van der Waals surface area contributed by atoms with Crippen LogP contribution in [0.2, 0.25) is 5.02 Å². The number of urea groups is 1. The van der Waals surface area contributed by atoms with Crippen LogP contribution in [-0.4, -0.2) is 33.4 Å². The average molecular weight is 464 g/mol. The molecule has 4 aromatic rings. The Labute approximate surface area is 195 Å². The van der Waals surface area contributed by atoms with Crippen molar-refractivity contribution in [1.82, 2.24) is 14.8 Å². The van der Waals surface area contributed by atoms with Gasteiger partial charge in [0.25, 0.3) is 0 Å². The Morgan fingerprint density at radius 3 is 2.55 bits per heavy atom. The number of anilines is 2. The molecule has 0 spiro atoms. The van der Waals surface area contributed by atoms with Crippen LogP contribution in [0.15, 0.2) is 54.7 Å². The number of benzene rings is 2. The molecule has 2 N–H and O–H groups in total. The summed E-state index contributed by atoms with van der Waals surface area (Å²) in [6.45, 7) is 5.85. The summed E-state index contributed by atoms with van der Waals surface area (Å²) < 4.78 is 6.57. The summed E-state index contributed by atoms with van der Waals surface area (Å²) in [7, 11) is 0. The van der Waals surface area contributed by atoms with E-state index in [9.17, 15) is 9.59 Å². The highest BCUT2D eigenvalue weighted by Gasteiger charge is 2.23. The number of pyridine rings is 1. The van der Waals surface area contributed by atoms with E-state index < -0.39 is 12.0 Å². The second-order valence-electron chi connectivity index (χ2n) is 7.39. The third-order valence-corrected chi connectivity index (χ3v) is 5.30. The molecule has 2 amide bonds. The Kier molecular flexibility index (Phi) is 6.28. The number of nitrogens with zero attached hydrogens (tertiary/aromatic N) is 3. The minimum Gasteiger partial charge on any atom is -0.462 e. The van der Waals surface area contributed by atoms with Gasteiger partial charge in [-0.05, 0) is 62.2 Å². The molecule has 0 saturated carbocycles. The number of fused-ring (bicyclic) bond motifs is 1. The number of aryl methyl sites for hydroxylation is 2. The van der Waals surface area contributed by atoms with Gasteiger partial charge in [0, 0.05) is 16.1 Å². The highest BCUT2D eigenvalue weighted by molar-refractivity contribution is 6.30. The molecule has 8 nitrogen and oxygen atoms in total. The van der Waals surface area contributed by atoms with E-state index in [2.05, 4.69) is 15.7 Å². The third kappa shape index (κ3) is 4.65. The number of esters is 1. The lowest BCUT2D eigenvalue weighted by Crippen LogP contribution is -2.23. The average Bonchev–Trinajstić information content (AvgIpc) is 3.19. The van der Waals surface area contributed by atoms with Crippen LogP contribution >= 0.6 is 11.6 Å². The fourth-order valence-corrected chi connectivity index (χ4v) is 3.58. The Hall–Kier alpha value is -3.91. The van der Waals surface area contributed by atoms with Gasteiger partial charge in [0.1, 0.15) is 5.56 Å². The smallest absolute Gasteiger partial charge is 0.343 e. The topological polar surface area (TPSA) is 98.1 Å². The van der Waals surface area contributed by atoms with E-state index in [-0.39, 0.29) is 18.0 Å². The molecule has 168 valence electrons. The fraction of sp³-hybridized carbons (Fsp3) is 0.167. The summed E-state index contributed by atoms with van der Waals surface area (Å²) in [5.74, 6) is 0.0191. The molecular weight excluding hydrogens is 442 g/mol. The van der Waals surface area contributed by atoms with E-state index in [1.165, 1.54) is 10.9 Å². The predicted octanol–water partition coefficient (Wildman–Crippen LogP) is 5.51. The number of nitrogens with one attached hydrogen (secondary N) is 2. The first-order valence-corrected chi connectivity index (χ1v) is 10.7. The number of hydrogen-bond donors (Lipinski definition) is 2. The molecule has 2 heterocycles. The molecule has 4 rings (SSSR count). The maximum absolute atomic E-state index is 12.7. The lowest BCUT2D eigenvalue weighted by Gasteiger charge is -2.13. The molecule has 2 aromatic carbocycles. The van der Waals surface area contributed by atoms with E-state index in [0.717, 1.165) is 22.0 Å². The van der Waals surface area contributed by atoms with Gasteiger partial charge in [0.15, 0.2) is 11.6 Å². The number of halogens is 1. The van der Waals surface area contributed by atoms with Crippen molar-refractivity contribution >= 4 is 46.0 Å². The molecule has 0 atom stereocenters. The SMILES string of the molecule is CCOC(=O)c1cnn(-c2cc(C)c3cccc(C)c3n2)c1NC(=O)Nc1ccc(Cl)cc1. The van der Waals surface area contributed by atoms with Crippen LogP contribution < -0.4 is 10.6 Å². The van der Waals surface area contributed by atoms with Crippen molar-refractivity contribution in [1.29, 1.82) is 0 Å². The molecule has 0 aliphatic carbocycles. The molecular formula is C24H22ClN5O3. The lowest BCUT2D eigenvalue weighted by atomic mass is 10.1. The third-order valence-electron chi connectivity index (χ3n) is 5.05. The van der Waals surface area contributed by atoms with Crippen LogP contribution in [0.5, 0.6) is 0 Å². The van der Waals surface area contributed by atoms with E-state index in [1.54, 1.807) is 31.2 Å². The molecule has 0 radical (unpaired) electrons. The second kappa shape index (κ2) is 9.30. The van der Waals surface area contributed by atoms with E-state index in [0.29, 0.717) is 16.5 Å². The van der Waals surface area contributed by atoms with Gasteiger partial charge in [-0.1, -0.05) is 29.8 Å². The van der Waals surface area contributed by atoms with Crippen molar-refractivity contribution in [3.8, 4) is 5.82 Å². The Balaban J connectivity index is 1.75. The number of carbonyl (C=O) groups excluding carboxylic acids is 2. The van der Waals surface area contributed by atoms with Gasteiger partial charge < -0.3 is 10.1 Å². The summed E-state index contributed by atoms with van der Waals surface area (Å²) in [4.78, 5) is 30.0. The maximum atomic E-state index is 12.7. The van der Waals surface area contributed by atoms with Gasteiger partial charge in [-0.2, -0.15) is 9.78 Å². The number of aromatic nitrogens is 3. The standard InChI is InChI=1S/C24H22ClN5O3/c1-4-33-23(31)19-13-26-30(20-12-15(3)18-7-5-6-14(2)21(18)28-20)22(19)29-24(32)27-17-10-8-16(25)9-11-17/h5-13H,4H2,1-3H3,(H2,27,29,32). The minimum absolute atomic E-state index is 0.118. The summed E-state index contributed by atoms with van der Waals surface area (Å²) in [5, 5.41) is 11.3. The monoisotopic (exact) mass is 463 g/mol. The predicted molar refractivity (Wildman–Crippen MR) is 128 cm³/mol. The maximum Gasteiger partial charge on any atom is 0.343 e. The Bertz CT molecular complexity index is 1350. The van der Waals surface area contributed by atoms with Crippen LogP contribution in [-0.2, 0) is 4.74 Å². The number of carbonyl (C=O) groups is 2. The molecule has 9 heteroatoms. The molecule has 0 unspecified atom stereocenters. The van der Waals surface area contributed by atoms with E-state index >= 15 is 0 Å². The Morgan fingerprint density at radius 2 is 1.82 bits per heavy atom. The van der Waals surface area contributed by atoms with Crippen molar-refractivity contribution < 1.29 is 14.3 Å². The number of amides is 2. The first kappa shape index (κ1) is 22.3. The van der Waals surface area contributed by atoms with Gasteiger partial charge >= 0.3 is 12.0 Å². The van der Waals surface area contributed by atoms with Gasteiger partial charge in [-0.3, -0.25) is 5.32 Å². The van der Waals surface area contributed by atoms with Crippen molar-refractivity contribution in [2.75, 3.05) is 17.2 Å². The quantitative estimate of drug-likeness (QED) is 0.380. The number of ether oxygens (including phenoxy) is 1. The molecule has 0 aliphatic heterocycles. The zero-order valence-electron chi connectivity index (χ0n) is 18.3. The first-order chi connectivity index (χ1) is 15.9. The van der Waals surface area contributed by atoms with E-state index in [4.69, 9.17) is 21.3 Å². The lowest BCUT2D eigenvalue weighted by molar-refractivity contribution is 0.0527. The second-order valence-corrected chi connectivity index (χ2v) is 7.83. The molecule has 0 fully saturated rings. The van der Waals surface area contributed by atoms with Crippen LogP contribution in [0.25, 0.3) is 16.7 Å². The highest BCUT2D eigenvalue weighted by Crippen LogP contribution is 2.26. The summed E-state index contributed by atoms with van der Waals surface area (Å²) >= 11 is 5.90. The Morgan fingerprint density at radius 1 is 1.06 bits per heavy atom. The molecule has 33 heavy (non-hydrogen) atoms. The molecule has 0 saturated heterocycles. The van der Waals surface area contributed by atoms with Crippen molar-refractivity contribution in [3.63, 3.8) is 0 Å². The summed E-state index contributed by atoms with van der Waals surface area (Å²) in [5.41, 5.74) is 3.47. The zero-order chi connectivity index (χ0) is 23.5. The summed E-state index contributed by atoms with van der Waals surface area (Å²) in [6, 6.07) is 13.9. The number of para-hydroxylation sites is 1. The number of hydrogen-bond acceptors (Lipinski definition) is 5. The van der Waals surface area contributed by atoms with Crippen molar-refractivity contribution in [2.45, 2.75) is 20.8 Å². The van der Waals surface area contributed by atoms with Gasteiger partial charge in [-0.15, -0.1) is 0 Å². The van der Waals surface area contributed by atoms with Gasteiger partial charge in [-0.25, -0.2) is 14.6 Å². The van der Waals surface area contributed by atoms with Crippen LogP contribution in [0, 0.1) is 13.8 Å². The van der Waals surface area contributed by atoms with Crippen LogP contribution in [0.4, 0.5) is 16.3 Å². The highest BCUT2D eigenvalue weighted by atomic mass is 35.5. The molecule has 2 aromatic heterocycles. The first-order valence-electron chi connectivity index (χ1n) is 10.3. The zero-order valence-corrected chi connectivity index (χ0v) is 19.1. The molecule has 0 bridgehead atoms. The van der Waals surface area contributed by atoms with Gasteiger partial charge in [0.05, 0.1) is 18.3 Å². The number of rotatable bonds is 5. The van der Waals surface area contributed by atoms with Crippen molar-refractivity contribution in [3.05, 3.63) is 76.4 Å². The molecule has 0 aliphatic rings. The summed E-state index contributed by atoms with van der Waals surface area (Å²) in [6.07, 6.45) is 1.36. The fourth-order valence-electron chi connectivity index (χ4n) is 3.46.